The Labute approximate surface area is 105 Å². The van der Waals surface area contributed by atoms with Crippen LogP contribution in [0.4, 0.5) is 0 Å². The topological polar surface area (TPSA) is 49.2 Å². The lowest BCUT2D eigenvalue weighted by atomic mass is 10.4. The second-order valence-corrected chi connectivity index (χ2v) is 4.92. The lowest BCUT2D eigenvalue weighted by Gasteiger charge is -2.12. The van der Waals surface area contributed by atoms with Crippen LogP contribution in [0.15, 0.2) is 30.6 Å². The van der Waals surface area contributed by atoms with Crippen molar-refractivity contribution >= 4 is 11.3 Å². The van der Waals surface area contributed by atoms with Crippen LogP contribution >= 0.6 is 11.3 Å². The van der Waals surface area contributed by atoms with Crippen molar-refractivity contribution in [3.05, 3.63) is 35.5 Å². The van der Waals surface area contributed by atoms with E-state index in [4.69, 9.17) is 5.11 Å². The molecule has 0 aliphatic carbocycles. The lowest BCUT2D eigenvalue weighted by Crippen LogP contribution is -2.20. The van der Waals surface area contributed by atoms with Gasteiger partial charge in [-0.15, -0.1) is 11.3 Å². The van der Waals surface area contributed by atoms with Gasteiger partial charge < -0.3 is 5.11 Å². The van der Waals surface area contributed by atoms with Gasteiger partial charge in [-0.3, -0.25) is 9.88 Å². The highest BCUT2D eigenvalue weighted by molar-refractivity contribution is 7.14. The molecule has 2 heterocycles. The molecule has 0 amide bonds. The molecule has 0 saturated carbocycles. The van der Waals surface area contributed by atoms with E-state index in [2.05, 4.69) is 14.9 Å². The van der Waals surface area contributed by atoms with Crippen LogP contribution in [0.3, 0.4) is 0 Å². The summed E-state index contributed by atoms with van der Waals surface area (Å²) in [5.41, 5.74) is 0.911. The molecule has 0 aliphatic rings. The van der Waals surface area contributed by atoms with Crippen molar-refractivity contribution in [1.29, 1.82) is 0 Å². The minimum absolute atomic E-state index is 0.183. The van der Waals surface area contributed by atoms with Crippen LogP contribution in [0.25, 0.3) is 10.7 Å². The highest BCUT2D eigenvalue weighted by atomic mass is 32.1. The van der Waals surface area contributed by atoms with Crippen LogP contribution in [-0.4, -0.2) is 40.2 Å². The molecule has 2 aromatic heterocycles. The summed E-state index contributed by atoms with van der Waals surface area (Å²) >= 11 is 1.64. The average Bonchev–Trinajstić information content (AvgIpc) is 2.79. The van der Waals surface area contributed by atoms with Crippen molar-refractivity contribution in [1.82, 2.24) is 14.9 Å². The number of thiazole rings is 1. The molecule has 0 radical (unpaired) electrons. The average molecular weight is 249 g/mol. The summed E-state index contributed by atoms with van der Waals surface area (Å²) < 4.78 is 0. The first-order valence-electron chi connectivity index (χ1n) is 5.45. The van der Waals surface area contributed by atoms with Gasteiger partial charge in [-0.1, -0.05) is 6.07 Å². The van der Waals surface area contributed by atoms with Crippen molar-refractivity contribution in [3.63, 3.8) is 0 Å². The largest absolute Gasteiger partial charge is 0.395 e. The molecular formula is C12H15N3OS. The van der Waals surface area contributed by atoms with Gasteiger partial charge in [0.2, 0.25) is 0 Å². The van der Waals surface area contributed by atoms with Crippen molar-refractivity contribution in [3.8, 4) is 10.7 Å². The molecule has 2 rings (SSSR count). The third-order valence-electron chi connectivity index (χ3n) is 2.35. The van der Waals surface area contributed by atoms with Crippen LogP contribution < -0.4 is 0 Å². The van der Waals surface area contributed by atoms with Gasteiger partial charge in [0.05, 0.1) is 12.3 Å². The van der Waals surface area contributed by atoms with Gasteiger partial charge in [0.15, 0.2) is 0 Å². The fourth-order valence-electron chi connectivity index (χ4n) is 1.50. The molecule has 0 unspecified atom stereocenters. The SMILES string of the molecule is CN(CCO)Cc1cnc(-c2ccccn2)s1. The second-order valence-electron chi connectivity index (χ2n) is 3.81. The summed E-state index contributed by atoms with van der Waals surface area (Å²) in [6.07, 6.45) is 3.65. The molecular weight excluding hydrogens is 234 g/mol. The Morgan fingerprint density at radius 2 is 2.24 bits per heavy atom. The van der Waals surface area contributed by atoms with E-state index in [0.717, 1.165) is 17.2 Å². The third-order valence-corrected chi connectivity index (χ3v) is 3.35. The van der Waals surface area contributed by atoms with Crippen LogP contribution in [0.5, 0.6) is 0 Å². The molecule has 5 heteroatoms. The summed E-state index contributed by atoms with van der Waals surface area (Å²) in [4.78, 5) is 11.9. The van der Waals surface area contributed by atoms with Crippen molar-refractivity contribution in [2.45, 2.75) is 6.54 Å². The number of aliphatic hydroxyl groups is 1. The third kappa shape index (κ3) is 3.33. The molecule has 4 nitrogen and oxygen atoms in total. The molecule has 2 aromatic rings. The maximum absolute atomic E-state index is 8.83. The first-order chi connectivity index (χ1) is 8.29. The summed E-state index contributed by atoms with van der Waals surface area (Å²) in [5, 5.41) is 9.78. The number of pyridine rings is 1. The quantitative estimate of drug-likeness (QED) is 0.875. The Hall–Kier alpha value is -1.30. The van der Waals surface area contributed by atoms with Gasteiger partial charge in [-0.2, -0.15) is 0 Å². The van der Waals surface area contributed by atoms with Crippen LogP contribution in [0.1, 0.15) is 4.88 Å². The molecule has 0 aromatic carbocycles. The normalized spacial score (nSPS) is 11.0. The van der Waals surface area contributed by atoms with Crippen LogP contribution in [0.2, 0.25) is 0 Å². The number of aromatic nitrogens is 2. The molecule has 0 fully saturated rings. The molecule has 0 aliphatic heterocycles. The molecule has 0 saturated heterocycles. The fourth-order valence-corrected chi connectivity index (χ4v) is 2.47. The van der Waals surface area contributed by atoms with Gasteiger partial charge in [-0.25, -0.2) is 4.98 Å². The van der Waals surface area contributed by atoms with Gasteiger partial charge in [0, 0.05) is 30.4 Å². The summed E-state index contributed by atoms with van der Waals surface area (Å²) in [6.45, 7) is 1.67. The fraction of sp³-hybridized carbons (Fsp3) is 0.333. The minimum Gasteiger partial charge on any atom is -0.395 e. The van der Waals surface area contributed by atoms with E-state index in [-0.39, 0.29) is 6.61 Å². The smallest absolute Gasteiger partial charge is 0.142 e. The van der Waals surface area contributed by atoms with Gasteiger partial charge in [-0.05, 0) is 19.2 Å². The summed E-state index contributed by atoms with van der Waals surface area (Å²) in [5.74, 6) is 0. The van der Waals surface area contributed by atoms with Crippen molar-refractivity contribution in [2.75, 3.05) is 20.2 Å². The number of rotatable bonds is 5. The van der Waals surface area contributed by atoms with E-state index in [1.54, 1.807) is 17.5 Å². The van der Waals surface area contributed by atoms with Crippen molar-refractivity contribution in [2.24, 2.45) is 0 Å². The molecule has 0 atom stereocenters. The molecule has 90 valence electrons. The van der Waals surface area contributed by atoms with E-state index in [1.165, 1.54) is 4.88 Å². The lowest BCUT2D eigenvalue weighted by molar-refractivity contribution is 0.218. The highest BCUT2D eigenvalue weighted by Crippen LogP contribution is 2.23. The number of hydrogen-bond donors (Lipinski definition) is 1. The van der Waals surface area contributed by atoms with E-state index in [9.17, 15) is 0 Å². The van der Waals surface area contributed by atoms with E-state index in [1.807, 2.05) is 31.4 Å². The standard InChI is InChI=1S/C12H15N3OS/c1-15(6-7-16)9-10-8-14-12(17-10)11-4-2-3-5-13-11/h2-5,8,16H,6-7,9H2,1H3. The second kappa shape index (κ2) is 5.86. The number of aliphatic hydroxyl groups excluding tert-OH is 1. The number of likely N-dealkylation sites (N-methyl/N-ethyl adjacent to an activating group) is 1. The van der Waals surface area contributed by atoms with Gasteiger partial charge in [0.1, 0.15) is 5.01 Å². The zero-order valence-corrected chi connectivity index (χ0v) is 10.5. The molecule has 17 heavy (non-hydrogen) atoms. The first kappa shape index (κ1) is 12.2. The predicted octanol–water partition coefficient (Wildman–Crippen LogP) is 1.63. The Balaban J connectivity index is 2.06. The summed E-state index contributed by atoms with van der Waals surface area (Å²) in [6, 6.07) is 5.81. The van der Waals surface area contributed by atoms with E-state index in [0.29, 0.717) is 6.54 Å². The zero-order chi connectivity index (χ0) is 12.1. The van der Waals surface area contributed by atoms with Crippen molar-refractivity contribution < 1.29 is 5.11 Å². The maximum atomic E-state index is 8.83. The Morgan fingerprint density at radius 1 is 1.35 bits per heavy atom. The Kier molecular flexibility index (Phi) is 4.19. The van der Waals surface area contributed by atoms with Crippen LogP contribution in [0, 0.1) is 0 Å². The maximum Gasteiger partial charge on any atom is 0.142 e. The zero-order valence-electron chi connectivity index (χ0n) is 9.71. The van der Waals surface area contributed by atoms with E-state index < -0.39 is 0 Å². The Bertz CT molecular complexity index is 458. The Morgan fingerprint density at radius 3 is 2.94 bits per heavy atom. The monoisotopic (exact) mass is 249 g/mol. The van der Waals surface area contributed by atoms with E-state index >= 15 is 0 Å². The highest BCUT2D eigenvalue weighted by Gasteiger charge is 2.07. The molecule has 0 spiro atoms. The summed E-state index contributed by atoms with van der Waals surface area (Å²) in [7, 11) is 1.98. The molecule has 0 bridgehead atoms. The first-order valence-corrected chi connectivity index (χ1v) is 6.27. The molecule has 1 N–H and O–H groups in total. The minimum atomic E-state index is 0.183. The van der Waals surface area contributed by atoms with Gasteiger partial charge >= 0.3 is 0 Å². The number of nitrogens with zero attached hydrogens (tertiary/aromatic N) is 3. The number of hydrogen-bond acceptors (Lipinski definition) is 5. The predicted molar refractivity (Wildman–Crippen MR) is 68.8 cm³/mol. The van der Waals surface area contributed by atoms with Gasteiger partial charge in [0.25, 0.3) is 0 Å². The van der Waals surface area contributed by atoms with Crippen LogP contribution in [-0.2, 0) is 6.54 Å².